The van der Waals surface area contributed by atoms with Gasteiger partial charge in [0.05, 0.1) is 18.3 Å². The molecule has 4 aliphatic rings. The summed E-state index contributed by atoms with van der Waals surface area (Å²) in [7, 11) is 1.27. The average Bonchev–Trinajstić information content (AvgIpc) is 3.80. The summed E-state index contributed by atoms with van der Waals surface area (Å²) < 4.78 is 16.5. The van der Waals surface area contributed by atoms with E-state index in [0.29, 0.717) is 53.0 Å². The Morgan fingerprint density at radius 2 is 1.86 bits per heavy atom. The number of nitrogens with one attached hydrogen (secondary N) is 3. The van der Waals surface area contributed by atoms with E-state index in [4.69, 9.17) is 30.5 Å². The van der Waals surface area contributed by atoms with Crippen LogP contribution < -0.4 is 16.0 Å². The number of fused-ring (bicyclic) bond motifs is 2. The molecule has 0 spiro atoms. The molecule has 1 saturated heterocycles. The van der Waals surface area contributed by atoms with E-state index in [1.807, 2.05) is 40.7 Å². The van der Waals surface area contributed by atoms with Gasteiger partial charge in [-0.15, -0.1) is 6.58 Å². The monoisotopic (exact) mass is 790 g/mol. The van der Waals surface area contributed by atoms with Gasteiger partial charge in [-0.25, -0.2) is 14.6 Å². The van der Waals surface area contributed by atoms with Crippen molar-refractivity contribution in [3.8, 4) is 17.1 Å². The van der Waals surface area contributed by atoms with Crippen molar-refractivity contribution in [2.45, 2.75) is 103 Å². The number of methoxy groups -OCH3 is 1. The highest BCUT2D eigenvalue weighted by Gasteiger charge is 2.62. The zero-order valence-electron chi connectivity index (χ0n) is 32.7. The molecule has 0 radical (unpaired) electrons. The van der Waals surface area contributed by atoms with Gasteiger partial charge in [0.1, 0.15) is 46.5 Å². The normalized spacial score (nSPS) is 27.0. The highest BCUT2D eigenvalue weighted by molar-refractivity contribution is 6.36. The number of benzene rings is 1. The SMILES string of the molecule is C=C[C@@H]1CC1(NC(=O)[C@@H]1CC(Cc2cc(-c3coc(NC(C)C)n3)nc3c(Cl)c(O)ccc23)CN1C(=O)[C@@H](NC(=O)OC1C[C@@H]2C[C@@H]2C1)C(C)(C)C)C(=O)OC. The first kappa shape index (κ1) is 39.4. The van der Waals surface area contributed by atoms with E-state index in [9.17, 15) is 24.3 Å². The predicted molar refractivity (Wildman–Crippen MR) is 209 cm³/mol. The molecule has 3 amide bonds. The quantitative estimate of drug-likeness (QED) is 0.125. The number of amides is 3. The number of oxazole rings is 1. The first-order valence-corrected chi connectivity index (χ1v) is 19.7. The summed E-state index contributed by atoms with van der Waals surface area (Å²) in [5.41, 5.74) is 0.0473. The van der Waals surface area contributed by atoms with Crippen molar-refractivity contribution >= 4 is 52.4 Å². The molecule has 3 aromatic rings. The Bertz CT molecular complexity index is 2050. The molecule has 3 heterocycles. The smallest absolute Gasteiger partial charge is 0.408 e. The number of aromatic nitrogens is 2. The van der Waals surface area contributed by atoms with Crippen molar-refractivity contribution in [2.75, 3.05) is 19.0 Å². The predicted octanol–water partition coefficient (Wildman–Crippen LogP) is 6.00. The van der Waals surface area contributed by atoms with Crippen LogP contribution in [0.25, 0.3) is 22.3 Å². The lowest BCUT2D eigenvalue weighted by atomic mass is 9.85. The summed E-state index contributed by atoms with van der Waals surface area (Å²) in [5, 5.41) is 20.2. The minimum atomic E-state index is -1.27. The second-order valence-corrected chi connectivity index (χ2v) is 17.7. The van der Waals surface area contributed by atoms with Gasteiger partial charge in [-0.2, -0.15) is 4.98 Å². The van der Waals surface area contributed by atoms with Crippen LogP contribution in [-0.4, -0.2) is 87.3 Å². The van der Waals surface area contributed by atoms with Gasteiger partial charge < -0.3 is 39.8 Å². The van der Waals surface area contributed by atoms with Gasteiger partial charge >= 0.3 is 12.1 Å². The number of phenolic OH excluding ortho intramolecular Hbond substituents is 1. The summed E-state index contributed by atoms with van der Waals surface area (Å²) in [6.45, 7) is 13.5. The third-order valence-electron chi connectivity index (χ3n) is 11.7. The number of carbonyl (C=O) groups excluding carboxylic acids is 4. The lowest BCUT2D eigenvalue weighted by Gasteiger charge is -2.35. The van der Waals surface area contributed by atoms with Gasteiger partial charge in [-0.3, -0.25) is 9.59 Å². The second-order valence-electron chi connectivity index (χ2n) is 17.3. The Labute approximate surface area is 331 Å². The van der Waals surface area contributed by atoms with Crippen LogP contribution >= 0.6 is 11.6 Å². The van der Waals surface area contributed by atoms with Crippen LogP contribution in [0.4, 0.5) is 10.8 Å². The molecule has 1 aromatic carbocycles. The third kappa shape index (κ3) is 7.76. The van der Waals surface area contributed by atoms with Crippen LogP contribution in [0.2, 0.25) is 5.02 Å². The topological polar surface area (TPSA) is 185 Å². The lowest BCUT2D eigenvalue weighted by molar-refractivity contribution is -0.148. The Kier molecular flexibility index (Phi) is 10.5. The Morgan fingerprint density at radius 1 is 1.12 bits per heavy atom. The Hall–Kier alpha value is -4.85. The Balaban J connectivity index is 1.20. The number of hydrogen-bond donors (Lipinski definition) is 4. The lowest BCUT2D eigenvalue weighted by Crippen LogP contribution is -2.59. The van der Waals surface area contributed by atoms with Gasteiger partial charge in [0.25, 0.3) is 6.01 Å². The third-order valence-corrected chi connectivity index (χ3v) is 12.1. The van der Waals surface area contributed by atoms with Crippen LogP contribution in [0.15, 0.2) is 41.5 Å². The van der Waals surface area contributed by atoms with E-state index in [1.165, 1.54) is 30.8 Å². The van der Waals surface area contributed by atoms with E-state index in [-0.39, 0.29) is 47.7 Å². The largest absolute Gasteiger partial charge is 0.506 e. The van der Waals surface area contributed by atoms with Crippen molar-refractivity contribution in [3.63, 3.8) is 0 Å². The number of hydrogen-bond acceptors (Lipinski definition) is 11. The molecular formula is C41H51ClN6O8. The number of rotatable bonds is 12. The van der Waals surface area contributed by atoms with Crippen LogP contribution in [-0.2, 0) is 30.3 Å². The number of nitrogens with zero attached hydrogens (tertiary/aromatic N) is 3. The van der Waals surface area contributed by atoms with E-state index in [0.717, 1.165) is 18.4 Å². The zero-order valence-corrected chi connectivity index (χ0v) is 33.4. The van der Waals surface area contributed by atoms with Crippen LogP contribution in [0.5, 0.6) is 5.75 Å². The molecule has 4 N–H and O–H groups in total. The maximum Gasteiger partial charge on any atom is 0.408 e. The highest BCUT2D eigenvalue weighted by atomic mass is 35.5. The van der Waals surface area contributed by atoms with Gasteiger partial charge in [-0.05, 0) is 99.3 Å². The maximum absolute atomic E-state index is 14.7. The minimum Gasteiger partial charge on any atom is -0.506 e. The number of likely N-dealkylation sites (tertiary alicyclic amines) is 1. The molecule has 3 saturated carbocycles. The molecule has 14 nitrogen and oxygen atoms in total. The van der Waals surface area contributed by atoms with Gasteiger partial charge in [0, 0.05) is 23.9 Å². The minimum absolute atomic E-state index is 0.0741. The first-order chi connectivity index (χ1) is 26.5. The molecule has 3 unspecified atom stereocenters. The molecule has 1 aliphatic heterocycles. The second kappa shape index (κ2) is 14.9. The fourth-order valence-electron chi connectivity index (χ4n) is 8.56. The average molecular weight is 791 g/mol. The number of halogens is 1. The standard InChI is InChI=1S/C41H51ClN6O8/c1-8-25-17-41(25,37(52)54-7)47-35(50)30-12-21(18-48(30)36(51)34(40(4,5)6)46-39(53)56-26-14-22-13-23(22)15-26)11-24-16-28(29-19-55-38(45-29)43-20(2)3)44-33-27(24)9-10-31(49)32(33)42/h8-10,16,19-23,25-26,30,34,49H,1,11-15,17-18H2,2-7H3,(H,43,45)(H,46,53)(H,47,50)/t21?,22-,23+,25-,26?,30+,34-,41?/m1/s1. The summed E-state index contributed by atoms with van der Waals surface area (Å²) >= 11 is 6.62. The van der Waals surface area contributed by atoms with Crippen molar-refractivity contribution in [1.82, 2.24) is 25.5 Å². The van der Waals surface area contributed by atoms with Crippen LogP contribution in [0, 0.1) is 29.1 Å². The van der Waals surface area contributed by atoms with Crippen molar-refractivity contribution in [2.24, 2.45) is 29.1 Å². The molecule has 0 bridgehead atoms. The number of aromatic hydroxyl groups is 1. The first-order valence-electron chi connectivity index (χ1n) is 19.3. The summed E-state index contributed by atoms with van der Waals surface area (Å²) in [6.07, 6.45) is 6.06. The number of alkyl carbamates (subject to hydrolysis) is 1. The number of phenols is 1. The number of pyridine rings is 1. The molecule has 2 aromatic heterocycles. The van der Waals surface area contributed by atoms with Gasteiger partial charge in [-0.1, -0.05) is 38.4 Å². The van der Waals surface area contributed by atoms with E-state index < -0.39 is 46.9 Å². The van der Waals surface area contributed by atoms with Crippen molar-refractivity contribution in [1.29, 1.82) is 0 Å². The molecule has 7 rings (SSSR count). The fourth-order valence-corrected chi connectivity index (χ4v) is 8.76. The van der Waals surface area contributed by atoms with E-state index >= 15 is 0 Å². The Morgan fingerprint density at radius 3 is 2.50 bits per heavy atom. The van der Waals surface area contributed by atoms with E-state index in [1.54, 1.807) is 12.1 Å². The molecule has 3 aliphatic carbocycles. The zero-order chi connectivity index (χ0) is 40.3. The molecule has 4 fully saturated rings. The molecule has 8 atom stereocenters. The van der Waals surface area contributed by atoms with Gasteiger partial charge in [0.2, 0.25) is 11.8 Å². The van der Waals surface area contributed by atoms with Gasteiger partial charge in [0.15, 0.2) is 0 Å². The number of anilines is 1. The molecule has 300 valence electrons. The summed E-state index contributed by atoms with van der Waals surface area (Å²) in [6, 6.07) is 3.51. The number of carbonyl (C=O) groups is 4. The van der Waals surface area contributed by atoms with Crippen molar-refractivity contribution in [3.05, 3.63) is 47.7 Å². The molecular weight excluding hydrogens is 740 g/mol. The highest BCUT2D eigenvalue weighted by Crippen LogP contribution is 2.52. The number of ether oxygens (including phenoxy) is 2. The maximum atomic E-state index is 14.7. The van der Waals surface area contributed by atoms with E-state index in [2.05, 4.69) is 27.5 Å². The van der Waals surface area contributed by atoms with Crippen molar-refractivity contribution < 1.29 is 38.2 Å². The number of esters is 1. The van der Waals surface area contributed by atoms with Crippen LogP contribution in [0.3, 0.4) is 0 Å². The molecule has 15 heteroatoms. The molecule has 56 heavy (non-hydrogen) atoms. The fraction of sp³-hybridized carbons (Fsp3) is 0.561. The summed E-state index contributed by atoms with van der Waals surface area (Å²) in [4.78, 5) is 66.1. The van der Waals surface area contributed by atoms with Crippen LogP contribution in [0.1, 0.15) is 72.3 Å². The summed E-state index contributed by atoms with van der Waals surface area (Å²) in [5.74, 6) is -1.02.